The largest absolute Gasteiger partial charge is 0.385 e. The first-order valence-electron chi connectivity index (χ1n) is 9.53. The van der Waals surface area contributed by atoms with Crippen LogP contribution in [0.5, 0.6) is 0 Å². The number of ether oxygens (including phenoxy) is 2. The molecular weight excluding hydrogens is 336 g/mol. The first-order chi connectivity index (χ1) is 12.6. The quantitative estimate of drug-likeness (QED) is 0.636. The van der Waals surface area contributed by atoms with Gasteiger partial charge in [-0.15, -0.1) is 0 Å². The molecule has 1 N–H and O–H groups in total. The van der Waals surface area contributed by atoms with Crippen molar-refractivity contribution < 1.29 is 18.8 Å². The summed E-state index contributed by atoms with van der Waals surface area (Å²) in [7, 11) is 1.66. The zero-order chi connectivity index (χ0) is 18.8. The van der Waals surface area contributed by atoms with Crippen LogP contribution in [0.15, 0.2) is 4.52 Å². The third-order valence-electron chi connectivity index (χ3n) is 4.24. The zero-order valence-electron chi connectivity index (χ0n) is 16.2. The molecule has 0 radical (unpaired) electrons. The van der Waals surface area contributed by atoms with Gasteiger partial charge in [-0.2, -0.15) is 4.98 Å². The SMILES string of the molecule is COCCCNC(=O)N1CCCC(OCCc2noc(CC(C)C)n2)C1. The average Bonchev–Trinajstić information content (AvgIpc) is 3.05. The molecule has 0 saturated carbocycles. The molecule has 1 atom stereocenters. The molecule has 2 heterocycles. The van der Waals surface area contributed by atoms with Crippen LogP contribution in [0.25, 0.3) is 0 Å². The number of carbonyl (C=O) groups is 1. The van der Waals surface area contributed by atoms with Crippen LogP contribution < -0.4 is 5.32 Å². The molecule has 26 heavy (non-hydrogen) atoms. The lowest BCUT2D eigenvalue weighted by atomic mass is 10.1. The highest BCUT2D eigenvalue weighted by molar-refractivity contribution is 5.74. The van der Waals surface area contributed by atoms with Crippen molar-refractivity contribution in [3.05, 3.63) is 11.7 Å². The number of hydrogen-bond acceptors (Lipinski definition) is 6. The Hall–Kier alpha value is -1.67. The Labute approximate surface area is 155 Å². The third-order valence-corrected chi connectivity index (χ3v) is 4.24. The molecule has 0 aliphatic carbocycles. The summed E-state index contributed by atoms with van der Waals surface area (Å²) in [4.78, 5) is 18.4. The van der Waals surface area contributed by atoms with E-state index >= 15 is 0 Å². The van der Waals surface area contributed by atoms with E-state index < -0.39 is 0 Å². The van der Waals surface area contributed by atoms with Crippen molar-refractivity contribution in [3.8, 4) is 0 Å². The van der Waals surface area contributed by atoms with Gasteiger partial charge >= 0.3 is 6.03 Å². The molecular formula is C18H32N4O4. The molecule has 1 aliphatic rings. The van der Waals surface area contributed by atoms with Gasteiger partial charge in [0.1, 0.15) is 0 Å². The van der Waals surface area contributed by atoms with Crippen LogP contribution in [0, 0.1) is 5.92 Å². The lowest BCUT2D eigenvalue weighted by Gasteiger charge is -2.32. The summed E-state index contributed by atoms with van der Waals surface area (Å²) >= 11 is 0. The summed E-state index contributed by atoms with van der Waals surface area (Å²) in [5.41, 5.74) is 0. The number of piperidine rings is 1. The highest BCUT2D eigenvalue weighted by Crippen LogP contribution is 2.14. The van der Waals surface area contributed by atoms with E-state index in [4.69, 9.17) is 14.0 Å². The second-order valence-electron chi connectivity index (χ2n) is 7.11. The first-order valence-corrected chi connectivity index (χ1v) is 9.53. The number of urea groups is 1. The lowest BCUT2D eigenvalue weighted by molar-refractivity contribution is 0.0105. The number of aromatic nitrogens is 2. The molecule has 1 saturated heterocycles. The van der Waals surface area contributed by atoms with Gasteiger partial charge in [-0.25, -0.2) is 4.79 Å². The second-order valence-corrected chi connectivity index (χ2v) is 7.11. The van der Waals surface area contributed by atoms with Crippen molar-refractivity contribution in [2.45, 2.75) is 52.1 Å². The number of hydrogen-bond donors (Lipinski definition) is 1. The van der Waals surface area contributed by atoms with Crippen molar-refractivity contribution in [3.63, 3.8) is 0 Å². The van der Waals surface area contributed by atoms with Crippen molar-refractivity contribution in [2.75, 3.05) is 40.0 Å². The maximum absolute atomic E-state index is 12.2. The number of rotatable bonds is 10. The van der Waals surface area contributed by atoms with Gasteiger partial charge in [0, 0.05) is 46.2 Å². The van der Waals surface area contributed by atoms with Crippen molar-refractivity contribution in [1.29, 1.82) is 0 Å². The number of nitrogens with one attached hydrogen (secondary N) is 1. The molecule has 8 nitrogen and oxygen atoms in total. The third kappa shape index (κ3) is 7.29. The summed E-state index contributed by atoms with van der Waals surface area (Å²) in [6.07, 6.45) is 4.23. The van der Waals surface area contributed by atoms with Gasteiger partial charge in [0.05, 0.1) is 12.7 Å². The van der Waals surface area contributed by atoms with E-state index in [-0.39, 0.29) is 12.1 Å². The number of likely N-dealkylation sites (tertiary alicyclic amines) is 1. The molecule has 0 spiro atoms. The Bertz CT molecular complexity index is 535. The number of methoxy groups -OCH3 is 1. The molecule has 2 amide bonds. The van der Waals surface area contributed by atoms with Crippen LogP contribution in [0.3, 0.4) is 0 Å². The fourth-order valence-corrected chi connectivity index (χ4v) is 2.92. The van der Waals surface area contributed by atoms with Crippen molar-refractivity contribution in [1.82, 2.24) is 20.4 Å². The Balaban J connectivity index is 1.66. The van der Waals surface area contributed by atoms with Crippen LogP contribution >= 0.6 is 0 Å². The van der Waals surface area contributed by atoms with E-state index in [0.717, 1.165) is 32.2 Å². The number of carbonyl (C=O) groups excluding carboxylic acids is 1. The monoisotopic (exact) mass is 368 g/mol. The Morgan fingerprint density at radius 1 is 1.42 bits per heavy atom. The van der Waals surface area contributed by atoms with E-state index in [1.807, 2.05) is 4.90 Å². The van der Waals surface area contributed by atoms with Crippen LogP contribution in [0.1, 0.15) is 44.8 Å². The smallest absolute Gasteiger partial charge is 0.317 e. The van der Waals surface area contributed by atoms with Crippen LogP contribution in [-0.2, 0) is 22.3 Å². The van der Waals surface area contributed by atoms with E-state index in [1.165, 1.54) is 0 Å². The minimum absolute atomic E-state index is 0.0223. The van der Waals surface area contributed by atoms with Gasteiger partial charge in [0.2, 0.25) is 5.89 Å². The van der Waals surface area contributed by atoms with Gasteiger partial charge in [0.25, 0.3) is 0 Å². The molecule has 0 bridgehead atoms. The molecule has 1 aromatic rings. The van der Waals surface area contributed by atoms with Crippen molar-refractivity contribution in [2.24, 2.45) is 5.92 Å². The van der Waals surface area contributed by atoms with Gasteiger partial charge in [-0.3, -0.25) is 0 Å². The molecule has 0 aromatic carbocycles. The van der Waals surface area contributed by atoms with E-state index in [1.54, 1.807) is 7.11 Å². The first kappa shape index (κ1) is 20.6. The Kier molecular flexibility index (Phi) is 8.84. The topological polar surface area (TPSA) is 89.7 Å². The summed E-state index contributed by atoms with van der Waals surface area (Å²) < 4.78 is 16.2. The minimum Gasteiger partial charge on any atom is -0.385 e. The minimum atomic E-state index is -0.0223. The Morgan fingerprint density at radius 3 is 3.04 bits per heavy atom. The highest BCUT2D eigenvalue weighted by atomic mass is 16.5. The molecule has 148 valence electrons. The summed E-state index contributed by atoms with van der Waals surface area (Å²) in [5.74, 6) is 1.86. The molecule has 1 unspecified atom stereocenters. The fraction of sp³-hybridized carbons (Fsp3) is 0.833. The molecule has 1 aromatic heterocycles. The molecule has 2 rings (SSSR count). The van der Waals surface area contributed by atoms with Crippen LogP contribution in [-0.4, -0.2) is 67.1 Å². The standard InChI is InChI=1S/C18H32N4O4/c1-14(2)12-17-20-16(21-26-17)7-11-25-15-6-4-9-22(13-15)18(23)19-8-5-10-24-3/h14-15H,4-13H2,1-3H3,(H,19,23). The maximum Gasteiger partial charge on any atom is 0.317 e. The number of amides is 2. The van der Waals surface area contributed by atoms with Gasteiger partial charge in [0.15, 0.2) is 5.82 Å². The van der Waals surface area contributed by atoms with Crippen molar-refractivity contribution >= 4 is 6.03 Å². The molecule has 1 aliphatic heterocycles. The highest BCUT2D eigenvalue weighted by Gasteiger charge is 2.24. The van der Waals surface area contributed by atoms with E-state index in [9.17, 15) is 4.79 Å². The zero-order valence-corrected chi connectivity index (χ0v) is 16.2. The summed E-state index contributed by atoms with van der Waals surface area (Å²) in [6.45, 7) is 7.46. The Morgan fingerprint density at radius 2 is 2.27 bits per heavy atom. The van der Waals surface area contributed by atoms with Gasteiger partial charge in [-0.1, -0.05) is 19.0 Å². The lowest BCUT2D eigenvalue weighted by Crippen LogP contribution is -2.48. The number of nitrogens with zero attached hydrogens (tertiary/aromatic N) is 3. The normalized spacial score (nSPS) is 17.7. The van der Waals surface area contributed by atoms with Gasteiger partial charge in [-0.05, 0) is 25.2 Å². The van der Waals surface area contributed by atoms with E-state index in [2.05, 4.69) is 29.3 Å². The molecule has 1 fully saturated rings. The van der Waals surface area contributed by atoms with E-state index in [0.29, 0.717) is 50.4 Å². The summed E-state index contributed by atoms with van der Waals surface area (Å²) in [6, 6.07) is -0.0223. The van der Waals surface area contributed by atoms with Gasteiger partial charge < -0.3 is 24.2 Å². The van der Waals surface area contributed by atoms with Crippen LogP contribution in [0.2, 0.25) is 0 Å². The second kappa shape index (κ2) is 11.1. The summed E-state index contributed by atoms with van der Waals surface area (Å²) in [5, 5.41) is 6.92. The maximum atomic E-state index is 12.2. The predicted molar refractivity (Wildman–Crippen MR) is 97.0 cm³/mol. The fourth-order valence-electron chi connectivity index (χ4n) is 2.92. The van der Waals surface area contributed by atoms with Crippen LogP contribution in [0.4, 0.5) is 4.79 Å². The average molecular weight is 368 g/mol. The molecule has 8 heteroatoms. The predicted octanol–water partition coefficient (Wildman–Crippen LogP) is 2.04.